The van der Waals surface area contributed by atoms with Crippen LogP contribution in [0.2, 0.25) is 0 Å². The van der Waals surface area contributed by atoms with Crippen LogP contribution in [0.25, 0.3) is 0 Å². The lowest BCUT2D eigenvalue weighted by Gasteiger charge is -2.12. The third kappa shape index (κ3) is 3.11. The Morgan fingerprint density at radius 3 is 2.29 bits per heavy atom. The van der Waals surface area contributed by atoms with Gasteiger partial charge in [0.1, 0.15) is 11.6 Å². The molecule has 0 saturated heterocycles. The van der Waals surface area contributed by atoms with Crippen molar-refractivity contribution in [3.05, 3.63) is 71.3 Å². The molecule has 0 bridgehead atoms. The predicted molar refractivity (Wildman–Crippen MR) is 63.4 cm³/mol. The van der Waals surface area contributed by atoms with Crippen molar-refractivity contribution in [1.29, 1.82) is 0 Å². The van der Waals surface area contributed by atoms with Crippen LogP contribution in [0.1, 0.15) is 17.2 Å². The van der Waals surface area contributed by atoms with Crippen molar-refractivity contribution in [3.63, 3.8) is 0 Å². The van der Waals surface area contributed by atoms with E-state index in [1.807, 2.05) is 0 Å². The van der Waals surface area contributed by atoms with Crippen molar-refractivity contribution < 1.29 is 8.78 Å². The van der Waals surface area contributed by atoms with Gasteiger partial charge in [-0.2, -0.15) is 0 Å². The number of hydrogen-bond donors (Lipinski definition) is 1. The Kier molecular flexibility index (Phi) is 3.49. The van der Waals surface area contributed by atoms with Crippen molar-refractivity contribution in [2.45, 2.75) is 12.5 Å². The van der Waals surface area contributed by atoms with Gasteiger partial charge in [-0.1, -0.05) is 24.3 Å². The van der Waals surface area contributed by atoms with Crippen molar-refractivity contribution in [1.82, 2.24) is 0 Å². The molecule has 1 nitrogen and oxygen atoms in total. The first-order chi connectivity index (χ1) is 8.15. The highest BCUT2D eigenvalue weighted by molar-refractivity contribution is 5.24. The molecule has 0 heterocycles. The van der Waals surface area contributed by atoms with E-state index in [4.69, 9.17) is 5.73 Å². The van der Waals surface area contributed by atoms with Gasteiger partial charge in [-0.15, -0.1) is 0 Å². The summed E-state index contributed by atoms with van der Waals surface area (Å²) in [6, 6.07) is 12.1. The average molecular weight is 233 g/mol. The smallest absolute Gasteiger partial charge is 0.123 e. The van der Waals surface area contributed by atoms with Crippen LogP contribution >= 0.6 is 0 Å². The van der Waals surface area contributed by atoms with Crippen LogP contribution in [-0.2, 0) is 6.42 Å². The van der Waals surface area contributed by atoms with Gasteiger partial charge in [0, 0.05) is 6.04 Å². The largest absolute Gasteiger partial charge is 0.324 e. The summed E-state index contributed by atoms with van der Waals surface area (Å²) in [6.07, 6.45) is 0.559. The predicted octanol–water partition coefficient (Wildman–Crippen LogP) is 3.21. The lowest BCUT2D eigenvalue weighted by molar-refractivity contribution is 0.617. The van der Waals surface area contributed by atoms with Gasteiger partial charge in [0.2, 0.25) is 0 Å². The van der Waals surface area contributed by atoms with E-state index in [1.165, 1.54) is 24.3 Å². The second-order valence-corrected chi connectivity index (χ2v) is 3.99. The third-order valence-electron chi connectivity index (χ3n) is 2.65. The first-order valence-corrected chi connectivity index (χ1v) is 5.40. The van der Waals surface area contributed by atoms with E-state index in [-0.39, 0.29) is 17.7 Å². The number of halogens is 2. The molecule has 17 heavy (non-hydrogen) atoms. The zero-order valence-electron chi connectivity index (χ0n) is 9.24. The van der Waals surface area contributed by atoms with Crippen LogP contribution < -0.4 is 5.73 Å². The number of benzene rings is 2. The number of nitrogens with two attached hydrogens (primary N) is 1. The normalized spacial score (nSPS) is 12.4. The zero-order valence-corrected chi connectivity index (χ0v) is 9.24. The van der Waals surface area contributed by atoms with E-state index in [0.29, 0.717) is 6.42 Å². The highest BCUT2D eigenvalue weighted by Gasteiger charge is 2.07. The molecule has 0 aliphatic heterocycles. The third-order valence-corrected chi connectivity index (χ3v) is 2.65. The molecule has 0 fully saturated rings. The standard InChI is InChI=1S/C14H13F2N/c15-12-6-4-10(5-7-12)8-14(17)11-2-1-3-13(16)9-11/h1-7,9,14H,8,17H2. The van der Waals surface area contributed by atoms with Gasteiger partial charge in [0.25, 0.3) is 0 Å². The minimum atomic E-state index is -0.294. The summed E-state index contributed by atoms with van der Waals surface area (Å²) in [6.45, 7) is 0. The summed E-state index contributed by atoms with van der Waals surface area (Å²) in [7, 11) is 0. The Morgan fingerprint density at radius 2 is 1.65 bits per heavy atom. The molecule has 2 N–H and O–H groups in total. The van der Waals surface area contributed by atoms with Crippen LogP contribution in [-0.4, -0.2) is 0 Å². The molecule has 0 amide bonds. The van der Waals surface area contributed by atoms with Crippen molar-refractivity contribution in [2.24, 2.45) is 5.73 Å². The second kappa shape index (κ2) is 5.06. The van der Waals surface area contributed by atoms with Crippen molar-refractivity contribution in [2.75, 3.05) is 0 Å². The SMILES string of the molecule is NC(Cc1ccc(F)cc1)c1cccc(F)c1. The van der Waals surface area contributed by atoms with Crippen LogP contribution in [0.3, 0.4) is 0 Å². The fourth-order valence-corrected chi connectivity index (χ4v) is 1.73. The maximum atomic E-state index is 13.0. The maximum absolute atomic E-state index is 13.0. The van der Waals surface area contributed by atoms with Gasteiger partial charge in [0.05, 0.1) is 0 Å². The molecule has 0 spiro atoms. The summed E-state index contributed by atoms with van der Waals surface area (Å²) < 4.78 is 25.7. The zero-order chi connectivity index (χ0) is 12.3. The Hall–Kier alpha value is -1.74. The first-order valence-electron chi connectivity index (χ1n) is 5.40. The van der Waals surface area contributed by atoms with Gasteiger partial charge in [-0.05, 0) is 41.8 Å². The summed E-state index contributed by atoms with van der Waals surface area (Å²) in [5.74, 6) is -0.565. The number of hydrogen-bond acceptors (Lipinski definition) is 1. The summed E-state index contributed by atoms with van der Waals surface area (Å²) in [5, 5.41) is 0. The molecule has 0 aliphatic rings. The van der Waals surface area contributed by atoms with Crippen LogP contribution in [0.4, 0.5) is 8.78 Å². The van der Waals surface area contributed by atoms with Gasteiger partial charge in [-0.25, -0.2) is 8.78 Å². The highest BCUT2D eigenvalue weighted by Crippen LogP contribution is 2.17. The molecule has 2 rings (SSSR count). The minimum Gasteiger partial charge on any atom is -0.324 e. The summed E-state index contributed by atoms with van der Waals surface area (Å²) in [5.41, 5.74) is 7.65. The molecule has 2 aromatic carbocycles. The molecule has 88 valence electrons. The average Bonchev–Trinajstić information content (AvgIpc) is 2.32. The fourth-order valence-electron chi connectivity index (χ4n) is 1.73. The molecule has 0 radical (unpaired) electrons. The van der Waals surface area contributed by atoms with Gasteiger partial charge >= 0.3 is 0 Å². The van der Waals surface area contributed by atoms with Crippen LogP contribution in [0.5, 0.6) is 0 Å². The van der Waals surface area contributed by atoms with E-state index in [1.54, 1.807) is 24.3 Å². The van der Waals surface area contributed by atoms with E-state index in [0.717, 1.165) is 11.1 Å². The van der Waals surface area contributed by atoms with Crippen LogP contribution in [0.15, 0.2) is 48.5 Å². The minimum absolute atomic E-state index is 0.270. The molecular formula is C14H13F2N. The maximum Gasteiger partial charge on any atom is 0.123 e. The number of rotatable bonds is 3. The van der Waals surface area contributed by atoms with Gasteiger partial charge in [0.15, 0.2) is 0 Å². The van der Waals surface area contributed by atoms with E-state index in [2.05, 4.69) is 0 Å². The molecule has 1 unspecified atom stereocenters. The molecule has 0 saturated carbocycles. The molecule has 0 aliphatic carbocycles. The van der Waals surface area contributed by atoms with Crippen molar-refractivity contribution >= 4 is 0 Å². The van der Waals surface area contributed by atoms with E-state index in [9.17, 15) is 8.78 Å². The van der Waals surface area contributed by atoms with Crippen molar-refractivity contribution in [3.8, 4) is 0 Å². The second-order valence-electron chi connectivity index (χ2n) is 3.99. The Labute approximate surface area is 98.9 Å². The summed E-state index contributed by atoms with van der Waals surface area (Å²) in [4.78, 5) is 0. The Morgan fingerprint density at radius 1 is 0.941 bits per heavy atom. The Bertz CT molecular complexity index is 494. The molecule has 2 aromatic rings. The molecule has 3 heteroatoms. The highest BCUT2D eigenvalue weighted by atomic mass is 19.1. The molecular weight excluding hydrogens is 220 g/mol. The quantitative estimate of drug-likeness (QED) is 0.865. The van der Waals surface area contributed by atoms with E-state index >= 15 is 0 Å². The summed E-state index contributed by atoms with van der Waals surface area (Å²) >= 11 is 0. The van der Waals surface area contributed by atoms with Gasteiger partial charge < -0.3 is 5.73 Å². The lowest BCUT2D eigenvalue weighted by Crippen LogP contribution is -2.13. The molecule has 1 atom stereocenters. The monoisotopic (exact) mass is 233 g/mol. The first kappa shape index (κ1) is 11.7. The van der Waals surface area contributed by atoms with Crippen LogP contribution in [0, 0.1) is 11.6 Å². The van der Waals surface area contributed by atoms with Gasteiger partial charge in [-0.3, -0.25) is 0 Å². The lowest BCUT2D eigenvalue weighted by atomic mass is 10.00. The fraction of sp³-hybridized carbons (Fsp3) is 0.143. The van der Waals surface area contributed by atoms with E-state index < -0.39 is 0 Å². The molecule has 0 aromatic heterocycles. The topological polar surface area (TPSA) is 26.0 Å². The Balaban J connectivity index is 2.11.